The van der Waals surface area contributed by atoms with E-state index in [0.717, 1.165) is 9.99 Å². The minimum absolute atomic E-state index is 0.0646. The number of rotatable bonds is 4. The molecule has 0 fully saturated rings. The Balaban J connectivity index is 2.97. The number of nitrogens with one attached hydrogen (secondary N) is 1. The second-order valence-corrected chi connectivity index (χ2v) is 4.28. The van der Waals surface area contributed by atoms with E-state index in [1.165, 1.54) is 12.1 Å². The summed E-state index contributed by atoms with van der Waals surface area (Å²) in [5.41, 5.74) is 1.03. The van der Waals surface area contributed by atoms with Crippen molar-refractivity contribution in [1.29, 1.82) is 0 Å². The summed E-state index contributed by atoms with van der Waals surface area (Å²) in [7, 11) is 0. The van der Waals surface area contributed by atoms with E-state index in [1.807, 2.05) is 0 Å². The molecule has 0 saturated carbocycles. The van der Waals surface area contributed by atoms with Crippen LogP contribution in [0.1, 0.15) is 15.9 Å². The molecule has 0 aliphatic heterocycles. The van der Waals surface area contributed by atoms with E-state index in [2.05, 4.69) is 27.9 Å². The molecule has 1 aromatic carbocycles. The number of nitro benzene ring substituents is 1. The first-order valence-corrected chi connectivity index (χ1v) is 6.18. The van der Waals surface area contributed by atoms with E-state index < -0.39 is 4.92 Å². The molecule has 1 N–H and O–H groups in total. The van der Waals surface area contributed by atoms with Crippen LogP contribution in [0.5, 0.6) is 0 Å². The second kappa shape index (κ2) is 5.78. The smallest absolute Gasteiger partial charge is 0.270 e. The Morgan fingerprint density at radius 2 is 2.25 bits per heavy atom. The van der Waals surface area contributed by atoms with Crippen molar-refractivity contribution in [1.82, 2.24) is 5.32 Å². The summed E-state index contributed by atoms with van der Waals surface area (Å²) in [5.74, 6) is -0.266. The molecule has 86 valence electrons. The number of hydrogen-bond donors (Lipinski definition) is 1. The number of amides is 1. The minimum atomic E-state index is -0.505. The molecule has 0 aliphatic carbocycles. The summed E-state index contributed by atoms with van der Waals surface area (Å²) in [6.45, 7) is 2.31. The molecular formula is C10H11IN2O3. The second-order valence-electron chi connectivity index (χ2n) is 3.20. The highest BCUT2D eigenvalue weighted by Crippen LogP contribution is 2.17. The number of alkyl halides is 1. The van der Waals surface area contributed by atoms with Crippen molar-refractivity contribution in [3.8, 4) is 0 Å². The summed E-state index contributed by atoms with van der Waals surface area (Å²) < 4.78 is 0.803. The maximum atomic E-state index is 11.7. The van der Waals surface area contributed by atoms with Gasteiger partial charge in [-0.15, -0.1) is 0 Å². The fraction of sp³-hybridized carbons (Fsp3) is 0.300. The number of nitrogens with zero attached hydrogens (tertiary/aromatic N) is 1. The van der Waals surface area contributed by atoms with E-state index in [-0.39, 0.29) is 11.6 Å². The largest absolute Gasteiger partial charge is 0.351 e. The first-order valence-electron chi connectivity index (χ1n) is 4.65. The van der Waals surface area contributed by atoms with Crippen LogP contribution in [0.4, 0.5) is 5.69 Å². The number of carbonyl (C=O) groups is 1. The van der Waals surface area contributed by atoms with E-state index in [1.54, 1.807) is 13.0 Å². The Labute approximate surface area is 107 Å². The van der Waals surface area contributed by atoms with Crippen molar-refractivity contribution in [3.63, 3.8) is 0 Å². The van der Waals surface area contributed by atoms with E-state index in [0.29, 0.717) is 12.1 Å². The molecule has 1 aromatic rings. The Morgan fingerprint density at radius 3 is 2.81 bits per heavy atom. The molecule has 0 unspecified atom stereocenters. The lowest BCUT2D eigenvalue weighted by Crippen LogP contribution is -2.25. The number of non-ortho nitro benzene ring substituents is 1. The maximum Gasteiger partial charge on any atom is 0.270 e. The molecule has 0 bridgehead atoms. The summed E-state index contributed by atoms with van der Waals surface area (Å²) in [5, 5.41) is 13.3. The Hall–Kier alpha value is -1.18. The molecule has 0 atom stereocenters. The van der Waals surface area contributed by atoms with Gasteiger partial charge in [0.25, 0.3) is 11.6 Å². The van der Waals surface area contributed by atoms with Crippen LogP contribution in [-0.4, -0.2) is 21.8 Å². The lowest BCUT2D eigenvalue weighted by Gasteiger charge is -2.05. The Morgan fingerprint density at radius 1 is 1.56 bits per heavy atom. The molecule has 6 heteroatoms. The zero-order chi connectivity index (χ0) is 12.1. The fourth-order valence-corrected chi connectivity index (χ4v) is 1.49. The number of hydrogen-bond acceptors (Lipinski definition) is 3. The average molecular weight is 334 g/mol. The number of benzene rings is 1. The highest BCUT2D eigenvalue weighted by atomic mass is 127. The minimum Gasteiger partial charge on any atom is -0.351 e. The summed E-state index contributed by atoms with van der Waals surface area (Å²) in [6.07, 6.45) is 0. The van der Waals surface area contributed by atoms with Crippen LogP contribution in [0.2, 0.25) is 0 Å². The third-order valence-corrected chi connectivity index (χ3v) is 2.60. The maximum absolute atomic E-state index is 11.7. The lowest BCUT2D eigenvalue weighted by molar-refractivity contribution is -0.384. The van der Waals surface area contributed by atoms with E-state index >= 15 is 0 Å². The molecule has 1 rings (SSSR count). The van der Waals surface area contributed by atoms with Crippen LogP contribution in [0.3, 0.4) is 0 Å². The predicted octanol–water partition coefficient (Wildman–Crippen LogP) is 2.07. The molecule has 0 saturated heterocycles. The van der Waals surface area contributed by atoms with Crippen LogP contribution in [0.15, 0.2) is 18.2 Å². The predicted molar refractivity (Wildman–Crippen MR) is 69.1 cm³/mol. The SMILES string of the molecule is Cc1ccc([N+](=O)[O-])cc1C(=O)NCCI. The van der Waals surface area contributed by atoms with Gasteiger partial charge in [0, 0.05) is 28.7 Å². The quantitative estimate of drug-likeness (QED) is 0.397. The van der Waals surface area contributed by atoms with Crippen molar-refractivity contribution in [2.75, 3.05) is 11.0 Å². The molecule has 1 amide bonds. The van der Waals surface area contributed by atoms with Crippen LogP contribution in [0.25, 0.3) is 0 Å². The number of nitro groups is 1. The standard InChI is InChI=1S/C10H11IN2O3/c1-7-2-3-8(13(15)16)6-9(7)10(14)12-5-4-11/h2-3,6H,4-5H2,1H3,(H,12,14). The molecule has 0 aromatic heterocycles. The van der Waals surface area contributed by atoms with Crippen molar-refractivity contribution >= 4 is 34.2 Å². The van der Waals surface area contributed by atoms with Gasteiger partial charge in [-0.1, -0.05) is 28.7 Å². The third kappa shape index (κ3) is 3.16. The number of aryl methyl sites for hydroxylation is 1. The molecule has 5 nitrogen and oxygen atoms in total. The number of halogens is 1. The first-order chi connectivity index (χ1) is 7.56. The van der Waals surface area contributed by atoms with E-state index in [4.69, 9.17) is 0 Å². The van der Waals surface area contributed by atoms with Crippen LogP contribution < -0.4 is 5.32 Å². The van der Waals surface area contributed by atoms with Gasteiger partial charge in [0.05, 0.1) is 4.92 Å². The van der Waals surface area contributed by atoms with Gasteiger partial charge in [-0.05, 0) is 12.5 Å². The zero-order valence-corrected chi connectivity index (χ0v) is 10.9. The van der Waals surface area contributed by atoms with Gasteiger partial charge < -0.3 is 5.32 Å². The summed E-state index contributed by atoms with van der Waals surface area (Å²) in [4.78, 5) is 21.7. The van der Waals surface area contributed by atoms with E-state index in [9.17, 15) is 14.9 Å². The monoisotopic (exact) mass is 334 g/mol. The Bertz CT molecular complexity index is 421. The molecule has 0 spiro atoms. The molecule has 0 radical (unpaired) electrons. The van der Waals surface area contributed by atoms with Gasteiger partial charge in [0.2, 0.25) is 0 Å². The third-order valence-electron chi connectivity index (χ3n) is 2.06. The molecule has 0 heterocycles. The van der Waals surface area contributed by atoms with Crippen molar-refractivity contribution in [3.05, 3.63) is 39.4 Å². The van der Waals surface area contributed by atoms with Gasteiger partial charge in [-0.25, -0.2) is 0 Å². The molecular weight excluding hydrogens is 323 g/mol. The summed E-state index contributed by atoms with van der Waals surface area (Å²) >= 11 is 2.14. The van der Waals surface area contributed by atoms with Crippen molar-refractivity contribution in [2.45, 2.75) is 6.92 Å². The van der Waals surface area contributed by atoms with Crippen LogP contribution in [-0.2, 0) is 0 Å². The van der Waals surface area contributed by atoms with Gasteiger partial charge in [0.1, 0.15) is 0 Å². The van der Waals surface area contributed by atoms with Crippen molar-refractivity contribution < 1.29 is 9.72 Å². The summed E-state index contributed by atoms with van der Waals surface area (Å²) in [6, 6.07) is 4.28. The van der Waals surface area contributed by atoms with Gasteiger partial charge >= 0.3 is 0 Å². The highest BCUT2D eigenvalue weighted by molar-refractivity contribution is 14.1. The zero-order valence-electron chi connectivity index (χ0n) is 8.70. The van der Waals surface area contributed by atoms with Crippen molar-refractivity contribution in [2.24, 2.45) is 0 Å². The van der Waals surface area contributed by atoms with Gasteiger partial charge in [-0.3, -0.25) is 14.9 Å². The van der Waals surface area contributed by atoms with Gasteiger partial charge in [-0.2, -0.15) is 0 Å². The van der Waals surface area contributed by atoms with Crippen LogP contribution >= 0.6 is 22.6 Å². The lowest BCUT2D eigenvalue weighted by atomic mass is 10.1. The topological polar surface area (TPSA) is 72.2 Å². The first kappa shape index (κ1) is 12.9. The normalized spacial score (nSPS) is 9.88. The highest BCUT2D eigenvalue weighted by Gasteiger charge is 2.13. The van der Waals surface area contributed by atoms with Crippen LogP contribution in [0, 0.1) is 17.0 Å². The Kier molecular flexibility index (Phi) is 4.66. The fourth-order valence-electron chi connectivity index (χ4n) is 1.22. The molecule has 16 heavy (non-hydrogen) atoms. The average Bonchev–Trinajstić information content (AvgIpc) is 2.26. The number of carbonyl (C=O) groups excluding carboxylic acids is 1. The molecule has 0 aliphatic rings. The van der Waals surface area contributed by atoms with Gasteiger partial charge in [0.15, 0.2) is 0 Å².